The average Bonchev–Trinajstić information content (AvgIpc) is 2.62. The van der Waals surface area contributed by atoms with Crippen LogP contribution < -0.4 is 0 Å². The fourth-order valence-corrected chi connectivity index (χ4v) is 4.26. The Hall–Kier alpha value is -1.18. The van der Waals surface area contributed by atoms with E-state index in [1.165, 1.54) is 5.56 Å². The van der Waals surface area contributed by atoms with Crippen LogP contribution in [-0.4, -0.2) is 53.2 Å². The lowest BCUT2D eigenvalue weighted by Crippen LogP contribution is -2.44. The number of hydrogen-bond donors (Lipinski definition) is 0. The van der Waals surface area contributed by atoms with Crippen molar-refractivity contribution in [1.29, 1.82) is 0 Å². The van der Waals surface area contributed by atoms with Gasteiger partial charge in [0.25, 0.3) is 0 Å². The summed E-state index contributed by atoms with van der Waals surface area (Å²) in [5.41, 5.74) is 1.26. The van der Waals surface area contributed by atoms with Gasteiger partial charge in [0, 0.05) is 46.7 Å². The van der Waals surface area contributed by atoms with E-state index in [1.54, 1.807) is 21.3 Å². The number of nitrogens with zero attached hydrogens (tertiary/aromatic N) is 2. The van der Waals surface area contributed by atoms with Crippen molar-refractivity contribution < 1.29 is 13.3 Å². The first kappa shape index (κ1) is 19.9. The highest BCUT2D eigenvalue weighted by molar-refractivity contribution is 6.60. The van der Waals surface area contributed by atoms with Crippen molar-refractivity contribution in [3.8, 4) is 0 Å². The predicted octanol–water partition coefficient (Wildman–Crippen LogP) is 3.14. The molecule has 1 aromatic rings. The lowest BCUT2D eigenvalue weighted by molar-refractivity contribution is 0.0180. The van der Waals surface area contributed by atoms with Gasteiger partial charge >= 0.3 is 8.80 Å². The van der Waals surface area contributed by atoms with E-state index in [2.05, 4.69) is 47.8 Å². The third kappa shape index (κ3) is 6.08. The van der Waals surface area contributed by atoms with Crippen molar-refractivity contribution >= 4 is 8.80 Å². The number of hydrazine groups is 1. The highest BCUT2D eigenvalue weighted by atomic mass is 28.4. The molecule has 0 aliphatic heterocycles. The first-order chi connectivity index (χ1) is 11.1. The molecule has 0 fully saturated rings. The Bertz CT molecular complexity index is 432. The molecule has 23 heavy (non-hydrogen) atoms. The second-order valence-electron chi connectivity index (χ2n) is 5.21. The van der Waals surface area contributed by atoms with Gasteiger partial charge in [0.15, 0.2) is 0 Å². The highest BCUT2D eigenvalue weighted by Gasteiger charge is 2.37. The van der Waals surface area contributed by atoms with Crippen molar-refractivity contribution in [2.75, 3.05) is 34.4 Å². The Morgan fingerprint density at radius 3 is 2.17 bits per heavy atom. The summed E-state index contributed by atoms with van der Waals surface area (Å²) in [6, 6.07) is 11.2. The summed E-state index contributed by atoms with van der Waals surface area (Å²) in [7, 11) is 2.48. The van der Waals surface area contributed by atoms with E-state index in [-0.39, 0.29) is 0 Å². The minimum Gasteiger partial charge on any atom is -0.377 e. The Kier molecular flexibility index (Phi) is 9.12. The maximum atomic E-state index is 5.48. The van der Waals surface area contributed by atoms with Gasteiger partial charge < -0.3 is 18.3 Å². The molecule has 6 heteroatoms. The molecule has 0 heterocycles. The molecule has 0 atom stereocenters. The van der Waals surface area contributed by atoms with E-state index in [1.807, 2.05) is 12.3 Å². The molecule has 0 N–H and O–H groups in total. The molecule has 0 spiro atoms. The van der Waals surface area contributed by atoms with E-state index in [0.717, 1.165) is 32.1 Å². The molecule has 0 bridgehead atoms. The molecule has 0 aliphatic rings. The Labute approximate surface area is 141 Å². The molecule has 5 nitrogen and oxygen atoms in total. The zero-order chi connectivity index (χ0) is 17.1. The number of benzene rings is 1. The summed E-state index contributed by atoms with van der Waals surface area (Å²) >= 11 is 0. The Balaban J connectivity index is 2.58. The lowest BCUT2D eigenvalue weighted by atomic mass is 10.2. The van der Waals surface area contributed by atoms with Crippen molar-refractivity contribution in [1.82, 2.24) is 10.0 Å². The largest absolute Gasteiger partial charge is 0.500 e. The van der Waals surface area contributed by atoms with Crippen LogP contribution in [0.4, 0.5) is 0 Å². The topological polar surface area (TPSA) is 34.2 Å². The van der Waals surface area contributed by atoms with Crippen molar-refractivity contribution in [3.63, 3.8) is 0 Å². The minimum atomic E-state index is -2.49. The van der Waals surface area contributed by atoms with Gasteiger partial charge in [0.1, 0.15) is 0 Å². The second kappa shape index (κ2) is 10.6. The third-order valence-corrected chi connectivity index (χ3v) is 6.79. The van der Waals surface area contributed by atoms with Crippen LogP contribution in [0.1, 0.15) is 18.9 Å². The highest BCUT2D eigenvalue weighted by Crippen LogP contribution is 2.16. The predicted molar refractivity (Wildman–Crippen MR) is 95.6 cm³/mol. The van der Waals surface area contributed by atoms with Crippen LogP contribution in [-0.2, 0) is 19.8 Å². The van der Waals surface area contributed by atoms with Gasteiger partial charge in [-0.2, -0.15) is 0 Å². The van der Waals surface area contributed by atoms with Gasteiger partial charge in [-0.1, -0.05) is 43.8 Å². The summed E-state index contributed by atoms with van der Waals surface area (Å²) in [6.45, 7) is 8.74. The van der Waals surface area contributed by atoms with Gasteiger partial charge in [-0.05, 0) is 12.0 Å². The van der Waals surface area contributed by atoms with Crippen molar-refractivity contribution in [2.24, 2.45) is 0 Å². The van der Waals surface area contributed by atoms with Crippen LogP contribution in [0.2, 0.25) is 6.04 Å². The number of rotatable bonds is 12. The first-order valence-electron chi connectivity index (χ1n) is 7.98. The molecular weight excluding hydrogens is 308 g/mol. The zero-order valence-electron chi connectivity index (χ0n) is 14.8. The Morgan fingerprint density at radius 2 is 1.70 bits per heavy atom. The van der Waals surface area contributed by atoms with Crippen LogP contribution in [0.25, 0.3) is 0 Å². The molecule has 0 amide bonds. The molecular formula is C17H30N2O3Si. The normalized spacial score (nSPS) is 11.7. The monoisotopic (exact) mass is 338 g/mol. The van der Waals surface area contributed by atoms with Gasteiger partial charge in [0.2, 0.25) is 0 Å². The third-order valence-electron chi connectivity index (χ3n) is 3.96. The van der Waals surface area contributed by atoms with E-state index in [0.29, 0.717) is 0 Å². The quantitative estimate of drug-likeness (QED) is 0.432. The molecule has 0 saturated carbocycles. The molecule has 1 aromatic carbocycles. The van der Waals surface area contributed by atoms with Crippen molar-refractivity contribution in [2.45, 2.75) is 25.9 Å². The zero-order valence-corrected chi connectivity index (χ0v) is 15.8. The molecule has 0 unspecified atom stereocenters. The Morgan fingerprint density at radius 1 is 1.09 bits per heavy atom. The van der Waals surface area contributed by atoms with Crippen LogP contribution in [0.15, 0.2) is 43.1 Å². The molecule has 0 radical (unpaired) electrons. The smallest absolute Gasteiger partial charge is 0.377 e. The minimum absolute atomic E-state index is 0.795. The maximum absolute atomic E-state index is 5.48. The molecule has 0 aromatic heterocycles. The summed E-state index contributed by atoms with van der Waals surface area (Å²) in [5.74, 6) is 0. The lowest BCUT2D eigenvalue weighted by Gasteiger charge is -2.34. The fraction of sp³-hybridized carbons (Fsp3) is 0.529. The summed E-state index contributed by atoms with van der Waals surface area (Å²) < 4.78 is 16.4. The fourth-order valence-electron chi connectivity index (χ4n) is 2.55. The SMILES string of the molecule is C=CN(Cc1ccccc1)N(CC)CCC[Si](OC)(OC)OC. The van der Waals surface area contributed by atoms with E-state index in [9.17, 15) is 0 Å². The maximum Gasteiger partial charge on any atom is 0.500 e. The van der Waals surface area contributed by atoms with Gasteiger partial charge in [-0.25, -0.2) is 5.01 Å². The molecule has 0 saturated heterocycles. The van der Waals surface area contributed by atoms with Crippen LogP contribution in [0.3, 0.4) is 0 Å². The summed E-state index contributed by atoms with van der Waals surface area (Å²) in [6.07, 6.45) is 2.82. The van der Waals surface area contributed by atoms with Gasteiger partial charge in [-0.3, -0.25) is 0 Å². The van der Waals surface area contributed by atoms with E-state index < -0.39 is 8.80 Å². The van der Waals surface area contributed by atoms with Gasteiger partial charge in [-0.15, -0.1) is 0 Å². The van der Waals surface area contributed by atoms with Crippen molar-refractivity contribution in [3.05, 3.63) is 48.7 Å². The standard InChI is InChI=1S/C17H30N2O3Si/c1-6-18(14-11-15-23(20-3,21-4)22-5)19(7-2)16-17-12-9-8-10-13-17/h7-10,12-13H,2,6,11,14-16H2,1,3-5H3. The molecule has 0 aliphatic carbocycles. The average molecular weight is 339 g/mol. The second-order valence-corrected chi connectivity index (χ2v) is 8.30. The molecule has 130 valence electrons. The van der Waals surface area contributed by atoms with Gasteiger partial charge in [0.05, 0.1) is 6.54 Å². The van der Waals surface area contributed by atoms with Crippen LogP contribution in [0, 0.1) is 0 Å². The summed E-state index contributed by atoms with van der Waals surface area (Å²) in [4.78, 5) is 0. The first-order valence-corrected chi connectivity index (χ1v) is 9.91. The van der Waals surface area contributed by atoms with Crippen LogP contribution >= 0.6 is 0 Å². The van der Waals surface area contributed by atoms with E-state index >= 15 is 0 Å². The molecule has 1 rings (SSSR count). The van der Waals surface area contributed by atoms with E-state index in [4.69, 9.17) is 13.3 Å². The number of hydrogen-bond acceptors (Lipinski definition) is 5. The van der Waals surface area contributed by atoms with Crippen LogP contribution in [0.5, 0.6) is 0 Å². The summed E-state index contributed by atoms with van der Waals surface area (Å²) in [5, 5.41) is 4.44.